The van der Waals surface area contributed by atoms with E-state index in [1.807, 2.05) is 35.2 Å². The predicted octanol–water partition coefficient (Wildman–Crippen LogP) is 3.22. The van der Waals surface area contributed by atoms with E-state index >= 15 is 0 Å². The Balaban J connectivity index is 1.88. The summed E-state index contributed by atoms with van der Waals surface area (Å²) in [5.41, 5.74) is 2.48. The molecule has 3 heterocycles. The molecule has 0 spiro atoms. The molecule has 3 aromatic rings. The number of pyridine rings is 1. The maximum absolute atomic E-state index is 12.9. The van der Waals surface area contributed by atoms with Gasteiger partial charge in [0.15, 0.2) is 5.69 Å². The second-order valence-corrected chi connectivity index (χ2v) is 6.29. The van der Waals surface area contributed by atoms with Gasteiger partial charge in [0.25, 0.3) is 5.91 Å². The highest BCUT2D eigenvalue weighted by molar-refractivity contribution is 6.32. The molecule has 1 fully saturated rings. The molecule has 1 aromatic carbocycles. The van der Waals surface area contributed by atoms with E-state index in [4.69, 9.17) is 11.6 Å². The molecule has 1 aliphatic heterocycles. The van der Waals surface area contributed by atoms with Gasteiger partial charge in [0.1, 0.15) is 5.69 Å². The number of hydrogen-bond acceptors (Lipinski definition) is 4. The molecule has 0 unspecified atom stereocenters. The van der Waals surface area contributed by atoms with Gasteiger partial charge in [-0.1, -0.05) is 28.9 Å². The van der Waals surface area contributed by atoms with Crippen molar-refractivity contribution in [3.05, 3.63) is 59.5 Å². The van der Waals surface area contributed by atoms with Crippen molar-refractivity contribution >= 4 is 17.5 Å². The number of amides is 1. The molecule has 4 rings (SSSR count). The van der Waals surface area contributed by atoms with Crippen LogP contribution >= 0.6 is 11.6 Å². The topological polar surface area (TPSA) is 63.9 Å². The number of carbonyl (C=O) groups is 1. The van der Waals surface area contributed by atoms with Crippen molar-refractivity contribution in [2.45, 2.75) is 12.8 Å². The van der Waals surface area contributed by atoms with Crippen molar-refractivity contribution in [3.8, 4) is 16.9 Å². The second-order valence-electron chi connectivity index (χ2n) is 5.89. The fourth-order valence-electron chi connectivity index (χ4n) is 3.06. The van der Waals surface area contributed by atoms with E-state index in [9.17, 15) is 4.79 Å². The minimum absolute atomic E-state index is 0.0948. The van der Waals surface area contributed by atoms with Crippen LogP contribution < -0.4 is 0 Å². The average Bonchev–Trinajstić information content (AvgIpc) is 3.32. The van der Waals surface area contributed by atoms with Crippen LogP contribution in [0.2, 0.25) is 5.02 Å². The third-order valence-corrected chi connectivity index (χ3v) is 4.62. The number of aromatic nitrogens is 4. The highest BCUT2D eigenvalue weighted by Gasteiger charge is 2.28. The fraction of sp³-hybridized carbons (Fsp3) is 0.222. The molecule has 2 aromatic heterocycles. The highest BCUT2D eigenvalue weighted by atomic mass is 35.5. The lowest BCUT2D eigenvalue weighted by molar-refractivity contribution is 0.0787. The van der Waals surface area contributed by atoms with E-state index < -0.39 is 0 Å². The van der Waals surface area contributed by atoms with Gasteiger partial charge in [-0.25, -0.2) is 4.68 Å². The number of carbonyl (C=O) groups excluding carboxylic acids is 1. The van der Waals surface area contributed by atoms with Gasteiger partial charge in [0.05, 0.1) is 10.7 Å². The van der Waals surface area contributed by atoms with E-state index in [0.717, 1.165) is 31.5 Å². The van der Waals surface area contributed by atoms with Crippen LogP contribution in [0, 0.1) is 0 Å². The zero-order valence-corrected chi connectivity index (χ0v) is 14.2. The van der Waals surface area contributed by atoms with Crippen molar-refractivity contribution in [3.63, 3.8) is 0 Å². The van der Waals surface area contributed by atoms with Crippen LogP contribution in [0.5, 0.6) is 0 Å². The number of rotatable bonds is 3. The van der Waals surface area contributed by atoms with Crippen LogP contribution in [0.25, 0.3) is 16.9 Å². The van der Waals surface area contributed by atoms with Crippen LogP contribution in [0.3, 0.4) is 0 Å². The zero-order chi connectivity index (χ0) is 17.2. The second kappa shape index (κ2) is 6.64. The summed E-state index contributed by atoms with van der Waals surface area (Å²) in [7, 11) is 0. The van der Waals surface area contributed by atoms with Gasteiger partial charge in [0.2, 0.25) is 0 Å². The molecular formula is C18H16ClN5O. The molecule has 25 heavy (non-hydrogen) atoms. The van der Waals surface area contributed by atoms with E-state index in [1.165, 1.54) is 0 Å². The molecule has 0 bridgehead atoms. The Bertz CT molecular complexity index is 903. The predicted molar refractivity (Wildman–Crippen MR) is 94.7 cm³/mol. The maximum Gasteiger partial charge on any atom is 0.276 e. The van der Waals surface area contributed by atoms with Gasteiger partial charge in [-0.2, -0.15) is 0 Å². The van der Waals surface area contributed by atoms with Crippen molar-refractivity contribution in [1.82, 2.24) is 24.9 Å². The Hall–Kier alpha value is -2.73. The molecule has 6 nitrogen and oxygen atoms in total. The number of hydrogen-bond donors (Lipinski definition) is 0. The van der Waals surface area contributed by atoms with E-state index in [2.05, 4.69) is 15.3 Å². The summed E-state index contributed by atoms with van der Waals surface area (Å²) >= 11 is 6.34. The smallest absolute Gasteiger partial charge is 0.276 e. The summed E-state index contributed by atoms with van der Waals surface area (Å²) in [5, 5.41) is 8.97. The Kier molecular flexibility index (Phi) is 4.19. The number of benzene rings is 1. The summed E-state index contributed by atoms with van der Waals surface area (Å²) in [4.78, 5) is 18.8. The zero-order valence-electron chi connectivity index (χ0n) is 13.5. The van der Waals surface area contributed by atoms with E-state index in [0.29, 0.717) is 22.1 Å². The molecular weight excluding hydrogens is 338 g/mol. The molecule has 0 saturated carbocycles. The number of nitrogens with zero attached hydrogens (tertiary/aromatic N) is 5. The molecule has 1 aliphatic rings. The third kappa shape index (κ3) is 2.89. The van der Waals surface area contributed by atoms with Gasteiger partial charge < -0.3 is 4.90 Å². The molecule has 0 N–H and O–H groups in total. The maximum atomic E-state index is 12.9. The van der Waals surface area contributed by atoms with Crippen LogP contribution in [0.15, 0.2) is 48.8 Å². The summed E-state index contributed by atoms with van der Waals surface area (Å²) in [5.74, 6) is -0.0948. The first-order valence-electron chi connectivity index (χ1n) is 8.16. The minimum Gasteiger partial charge on any atom is -0.337 e. The lowest BCUT2D eigenvalue weighted by atomic mass is 10.1. The van der Waals surface area contributed by atoms with Crippen LogP contribution in [0.4, 0.5) is 0 Å². The fourth-order valence-corrected chi connectivity index (χ4v) is 3.27. The molecule has 7 heteroatoms. The Morgan fingerprint density at radius 2 is 1.76 bits per heavy atom. The average molecular weight is 354 g/mol. The van der Waals surface area contributed by atoms with Gasteiger partial charge in [-0.15, -0.1) is 5.10 Å². The monoisotopic (exact) mass is 353 g/mol. The first-order valence-corrected chi connectivity index (χ1v) is 8.54. The minimum atomic E-state index is -0.0948. The van der Waals surface area contributed by atoms with Gasteiger partial charge in [-0.3, -0.25) is 9.78 Å². The molecule has 0 atom stereocenters. The van der Waals surface area contributed by atoms with Crippen molar-refractivity contribution in [2.75, 3.05) is 13.1 Å². The first kappa shape index (κ1) is 15.8. The number of para-hydroxylation sites is 1. The van der Waals surface area contributed by atoms with Crippen LogP contribution in [0.1, 0.15) is 23.3 Å². The molecule has 0 radical (unpaired) electrons. The lowest BCUT2D eigenvalue weighted by Gasteiger charge is -2.15. The first-order chi connectivity index (χ1) is 12.3. The van der Waals surface area contributed by atoms with Crippen molar-refractivity contribution in [1.29, 1.82) is 0 Å². The van der Waals surface area contributed by atoms with Gasteiger partial charge >= 0.3 is 0 Å². The van der Waals surface area contributed by atoms with E-state index in [1.54, 1.807) is 23.1 Å². The Labute approximate surface area is 150 Å². The normalized spacial score (nSPS) is 14.0. The van der Waals surface area contributed by atoms with Gasteiger partial charge in [0, 0.05) is 31.0 Å². The number of halogens is 1. The SMILES string of the molecule is O=C(c1nnn(-c2ccccc2Cl)c1-c1ccncc1)N1CCCC1. The number of likely N-dealkylation sites (tertiary alicyclic amines) is 1. The molecule has 1 amide bonds. The molecule has 0 aliphatic carbocycles. The van der Waals surface area contributed by atoms with Crippen LogP contribution in [-0.4, -0.2) is 43.9 Å². The summed E-state index contributed by atoms with van der Waals surface area (Å²) in [6, 6.07) is 11.1. The quantitative estimate of drug-likeness (QED) is 0.725. The van der Waals surface area contributed by atoms with Crippen molar-refractivity contribution < 1.29 is 4.79 Å². The van der Waals surface area contributed by atoms with Crippen LogP contribution in [-0.2, 0) is 0 Å². The molecule has 1 saturated heterocycles. The van der Waals surface area contributed by atoms with E-state index in [-0.39, 0.29) is 5.91 Å². The summed E-state index contributed by atoms with van der Waals surface area (Å²) < 4.78 is 1.63. The van der Waals surface area contributed by atoms with Crippen molar-refractivity contribution in [2.24, 2.45) is 0 Å². The lowest BCUT2D eigenvalue weighted by Crippen LogP contribution is -2.28. The molecule has 126 valence electrons. The Morgan fingerprint density at radius 1 is 1.04 bits per heavy atom. The largest absolute Gasteiger partial charge is 0.337 e. The Morgan fingerprint density at radius 3 is 2.48 bits per heavy atom. The standard InChI is InChI=1S/C18H16ClN5O/c19-14-5-1-2-6-15(14)24-17(13-7-9-20-10-8-13)16(21-22-24)18(25)23-11-3-4-12-23/h1-2,5-10H,3-4,11-12H2. The van der Waals surface area contributed by atoms with Gasteiger partial charge in [-0.05, 0) is 37.1 Å². The highest BCUT2D eigenvalue weighted by Crippen LogP contribution is 2.29. The third-order valence-electron chi connectivity index (χ3n) is 4.30. The summed E-state index contributed by atoms with van der Waals surface area (Å²) in [6.07, 6.45) is 5.41. The summed E-state index contributed by atoms with van der Waals surface area (Å²) in [6.45, 7) is 1.52.